The van der Waals surface area contributed by atoms with Crippen LogP contribution in [-0.4, -0.2) is 56.1 Å². The Hall–Kier alpha value is -4.54. The molecule has 2 aliphatic rings. The van der Waals surface area contributed by atoms with Gasteiger partial charge in [-0.05, 0) is 29.5 Å². The summed E-state index contributed by atoms with van der Waals surface area (Å²) in [5.74, 6) is -1.60. The lowest BCUT2D eigenvalue weighted by Gasteiger charge is -2.33. The molecule has 190 valence electrons. The van der Waals surface area contributed by atoms with E-state index in [0.717, 1.165) is 27.4 Å². The summed E-state index contributed by atoms with van der Waals surface area (Å²) >= 11 is 0. The molecule has 0 saturated carbocycles. The van der Waals surface area contributed by atoms with Crippen LogP contribution in [0.3, 0.4) is 0 Å². The highest BCUT2D eigenvalue weighted by molar-refractivity contribution is 6.07. The zero-order valence-electron chi connectivity index (χ0n) is 20.3. The van der Waals surface area contributed by atoms with Crippen molar-refractivity contribution in [2.75, 3.05) is 4.90 Å². The highest BCUT2D eigenvalue weighted by Crippen LogP contribution is 2.39. The third kappa shape index (κ3) is 4.92. The van der Waals surface area contributed by atoms with Gasteiger partial charge in [-0.2, -0.15) is 15.4 Å². The fraction of sp³-hybridized carbons (Fsp3) is 0.308. The predicted molar refractivity (Wildman–Crippen MR) is 133 cm³/mol. The minimum Gasteiger partial charge on any atom is -0.348 e. The molecule has 1 aromatic heterocycles. The van der Waals surface area contributed by atoms with Crippen molar-refractivity contribution in [3.8, 4) is 0 Å². The Morgan fingerprint density at radius 1 is 1.11 bits per heavy atom. The van der Waals surface area contributed by atoms with Gasteiger partial charge in [-0.3, -0.25) is 29.5 Å². The van der Waals surface area contributed by atoms with Crippen molar-refractivity contribution in [2.45, 2.75) is 51.2 Å². The summed E-state index contributed by atoms with van der Waals surface area (Å²) in [6.45, 7) is 1.47. The van der Waals surface area contributed by atoms with Crippen LogP contribution in [0.4, 0.5) is 5.69 Å². The summed E-state index contributed by atoms with van der Waals surface area (Å²) < 4.78 is 0. The van der Waals surface area contributed by atoms with E-state index in [2.05, 4.69) is 26.2 Å². The number of nitrogens with one attached hydrogen (secondary N) is 3. The van der Waals surface area contributed by atoms with Gasteiger partial charge in [0.1, 0.15) is 17.8 Å². The van der Waals surface area contributed by atoms with Gasteiger partial charge < -0.3 is 5.32 Å². The number of rotatable bonds is 6. The van der Waals surface area contributed by atoms with Crippen LogP contribution in [0.25, 0.3) is 0 Å². The molecule has 5 rings (SSSR count). The number of anilines is 1. The van der Waals surface area contributed by atoms with Gasteiger partial charge in [-0.15, -0.1) is 0 Å². The van der Waals surface area contributed by atoms with E-state index in [1.807, 2.05) is 48.5 Å². The number of hydrazine groups is 1. The van der Waals surface area contributed by atoms with Crippen LogP contribution < -0.4 is 15.6 Å². The van der Waals surface area contributed by atoms with Crippen LogP contribution in [0.5, 0.6) is 0 Å². The molecule has 2 atom stereocenters. The van der Waals surface area contributed by atoms with E-state index in [1.165, 1.54) is 18.0 Å². The number of aromatic amines is 1. The van der Waals surface area contributed by atoms with E-state index in [4.69, 9.17) is 0 Å². The molecule has 0 fully saturated rings. The summed E-state index contributed by atoms with van der Waals surface area (Å²) in [4.78, 5) is 54.2. The van der Waals surface area contributed by atoms with Crippen molar-refractivity contribution in [3.05, 3.63) is 77.1 Å². The average Bonchev–Trinajstić information content (AvgIpc) is 3.52. The van der Waals surface area contributed by atoms with Gasteiger partial charge in [0.15, 0.2) is 0 Å². The van der Waals surface area contributed by atoms with Gasteiger partial charge >= 0.3 is 0 Å². The lowest BCUT2D eigenvalue weighted by molar-refractivity contribution is -0.147. The Kier molecular flexibility index (Phi) is 6.67. The molecular weight excluding hydrogens is 474 g/mol. The zero-order valence-corrected chi connectivity index (χ0v) is 20.3. The molecule has 0 saturated heterocycles. The molecule has 0 bridgehead atoms. The summed E-state index contributed by atoms with van der Waals surface area (Å²) in [7, 11) is 0. The van der Waals surface area contributed by atoms with Crippen LogP contribution >= 0.6 is 0 Å². The maximum Gasteiger partial charge on any atom is 0.252 e. The Labute approximate surface area is 213 Å². The number of carbonyl (C=O) groups excluding carboxylic acids is 4. The Morgan fingerprint density at radius 2 is 1.89 bits per heavy atom. The van der Waals surface area contributed by atoms with Crippen LogP contribution in [0.2, 0.25) is 0 Å². The summed E-state index contributed by atoms with van der Waals surface area (Å²) in [6, 6.07) is 13.2. The normalized spacial score (nSPS) is 18.1. The number of carbonyl (C=O) groups is 4. The Morgan fingerprint density at radius 3 is 2.62 bits per heavy atom. The standard InChI is InChI=1S/C26H27N7O4/c1-16(34)33(30-23(35)12-17-6-3-2-4-7-17)21-11-10-18-8-5-9-19-13-22(32(24(18)19)26(21)37)25(36)27-14-20-15-28-31-29-20/h2-9,15,21-22H,10-14H2,1H3,(H,27,36)(H,30,35)(H,28,29,31)/t21-,22-/m0/s1. The average molecular weight is 502 g/mol. The first-order valence-electron chi connectivity index (χ1n) is 12.1. The molecule has 0 unspecified atom stereocenters. The van der Waals surface area contributed by atoms with Gasteiger partial charge in [-0.1, -0.05) is 48.5 Å². The number of para-hydroxylation sites is 1. The second-order valence-electron chi connectivity index (χ2n) is 9.17. The van der Waals surface area contributed by atoms with Gasteiger partial charge in [0, 0.05) is 13.3 Å². The number of benzene rings is 2. The minimum atomic E-state index is -0.957. The van der Waals surface area contributed by atoms with Gasteiger partial charge in [0.05, 0.1) is 24.8 Å². The fourth-order valence-electron chi connectivity index (χ4n) is 5.00. The fourth-order valence-corrected chi connectivity index (χ4v) is 5.00. The maximum atomic E-state index is 14.0. The van der Waals surface area contributed by atoms with Crippen molar-refractivity contribution < 1.29 is 19.2 Å². The number of aryl methyl sites for hydroxylation is 1. The molecule has 11 heteroatoms. The number of amides is 4. The van der Waals surface area contributed by atoms with Crippen molar-refractivity contribution in [2.24, 2.45) is 0 Å². The quantitative estimate of drug-likeness (QED) is 0.427. The Bertz CT molecular complexity index is 1330. The number of H-pyrrole nitrogens is 1. The third-order valence-corrected chi connectivity index (χ3v) is 6.69. The molecular formula is C26H27N7O4. The molecule has 4 amide bonds. The van der Waals surface area contributed by atoms with Crippen molar-refractivity contribution in [3.63, 3.8) is 0 Å². The van der Waals surface area contributed by atoms with Gasteiger partial charge in [0.25, 0.3) is 5.91 Å². The molecule has 3 N–H and O–H groups in total. The number of hydrogen-bond donors (Lipinski definition) is 3. The predicted octanol–water partition coefficient (Wildman–Crippen LogP) is 0.816. The van der Waals surface area contributed by atoms with E-state index in [-0.39, 0.29) is 18.9 Å². The molecule has 3 heterocycles. The van der Waals surface area contributed by atoms with Gasteiger partial charge in [0.2, 0.25) is 17.7 Å². The molecule has 37 heavy (non-hydrogen) atoms. The Balaban J connectivity index is 1.39. The molecule has 11 nitrogen and oxygen atoms in total. The van der Waals surface area contributed by atoms with E-state index in [1.54, 1.807) is 0 Å². The van der Waals surface area contributed by atoms with E-state index >= 15 is 0 Å². The first-order valence-corrected chi connectivity index (χ1v) is 12.1. The molecule has 0 aliphatic carbocycles. The second-order valence-corrected chi connectivity index (χ2v) is 9.17. The largest absolute Gasteiger partial charge is 0.348 e. The van der Waals surface area contributed by atoms with Crippen LogP contribution in [0.15, 0.2) is 54.7 Å². The zero-order chi connectivity index (χ0) is 25.9. The molecule has 0 spiro atoms. The first-order chi connectivity index (χ1) is 17.9. The summed E-state index contributed by atoms with van der Waals surface area (Å²) in [5, 5.41) is 14.1. The number of nitrogens with zero attached hydrogens (tertiary/aromatic N) is 4. The summed E-state index contributed by atoms with van der Waals surface area (Å²) in [5.41, 5.74) is 6.55. The molecule has 3 aromatic rings. The number of aromatic nitrogens is 3. The lowest BCUT2D eigenvalue weighted by Crippen LogP contribution is -2.59. The van der Waals surface area contributed by atoms with Crippen LogP contribution in [-0.2, 0) is 45.0 Å². The first kappa shape index (κ1) is 24.2. The van der Waals surface area contributed by atoms with Crippen molar-refractivity contribution in [1.82, 2.24) is 31.2 Å². The molecule has 2 aliphatic heterocycles. The third-order valence-electron chi connectivity index (χ3n) is 6.69. The molecule has 2 aromatic carbocycles. The lowest BCUT2D eigenvalue weighted by atomic mass is 10.0. The highest BCUT2D eigenvalue weighted by atomic mass is 16.2. The number of hydrogen-bond acceptors (Lipinski definition) is 6. The van der Waals surface area contributed by atoms with Crippen molar-refractivity contribution in [1.29, 1.82) is 0 Å². The van der Waals surface area contributed by atoms with Crippen molar-refractivity contribution >= 4 is 29.3 Å². The minimum absolute atomic E-state index is 0.0622. The SMILES string of the molecule is CC(=O)N(NC(=O)Cc1ccccc1)[C@H]1CCc2cccc3c2N(C1=O)[C@H](C(=O)NCc1cn[nH]n1)C3. The maximum absolute atomic E-state index is 14.0. The van der Waals surface area contributed by atoms with E-state index in [9.17, 15) is 19.2 Å². The smallest absolute Gasteiger partial charge is 0.252 e. The topological polar surface area (TPSA) is 140 Å². The monoisotopic (exact) mass is 501 g/mol. The second kappa shape index (κ2) is 10.2. The highest BCUT2D eigenvalue weighted by Gasteiger charge is 2.45. The van der Waals surface area contributed by atoms with Crippen LogP contribution in [0, 0.1) is 0 Å². The summed E-state index contributed by atoms with van der Waals surface area (Å²) in [6.07, 6.45) is 2.75. The molecule has 0 radical (unpaired) electrons. The van der Waals surface area contributed by atoms with Gasteiger partial charge in [-0.25, -0.2) is 5.01 Å². The van der Waals surface area contributed by atoms with Crippen LogP contribution in [0.1, 0.15) is 35.7 Å². The van der Waals surface area contributed by atoms with E-state index in [0.29, 0.717) is 25.0 Å². The van der Waals surface area contributed by atoms with E-state index < -0.39 is 29.8 Å².